The molecule has 1 aliphatic heterocycles. The molecule has 0 bridgehead atoms. The van der Waals surface area contributed by atoms with E-state index >= 15 is 0 Å². The van der Waals surface area contributed by atoms with Gasteiger partial charge in [0.2, 0.25) is 0 Å². The molecule has 6 nitrogen and oxygen atoms in total. The summed E-state index contributed by atoms with van der Waals surface area (Å²) in [5.41, 5.74) is 0.880. The Morgan fingerprint density at radius 3 is 2.88 bits per heavy atom. The monoisotopic (exact) mass is 252 g/mol. The van der Waals surface area contributed by atoms with Gasteiger partial charge < -0.3 is 10.4 Å². The molecule has 0 radical (unpaired) electrons. The highest BCUT2D eigenvalue weighted by atomic mass is 32.1. The number of carboxylic acids is 1. The van der Waals surface area contributed by atoms with Crippen LogP contribution in [0.1, 0.15) is 5.56 Å². The third kappa shape index (κ3) is 2.34. The first kappa shape index (κ1) is 11.3. The maximum atomic E-state index is 11.7. The summed E-state index contributed by atoms with van der Waals surface area (Å²) in [5, 5.41) is 14.5. The van der Waals surface area contributed by atoms with Crippen LogP contribution in [0.3, 0.4) is 0 Å². The van der Waals surface area contributed by atoms with Crippen LogP contribution in [0.15, 0.2) is 22.5 Å². The molecule has 0 saturated carbocycles. The van der Waals surface area contributed by atoms with Crippen LogP contribution in [0.4, 0.5) is 4.79 Å². The third-order valence-corrected chi connectivity index (χ3v) is 2.81. The summed E-state index contributed by atoms with van der Waals surface area (Å²) in [6.45, 7) is -0.633. The molecule has 0 aliphatic carbocycles. The van der Waals surface area contributed by atoms with Gasteiger partial charge >= 0.3 is 12.0 Å². The number of carboxylic acid groups (broad SMARTS) is 1. The van der Waals surface area contributed by atoms with Gasteiger partial charge in [0, 0.05) is 0 Å². The fraction of sp³-hybridized carbons (Fsp3) is 0.100. The summed E-state index contributed by atoms with van der Waals surface area (Å²) in [4.78, 5) is 34.2. The average molecular weight is 252 g/mol. The topological polar surface area (TPSA) is 86.7 Å². The molecule has 88 valence electrons. The lowest BCUT2D eigenvalue weighted by atomic mass is 10.2. The lowest BCUT2D eigenvalue weighted by Crippen LogP contribution is -2.35. The Labute approximate surface area is 100 Å². The number of nitrogens with one attached hydrogen (secondary N) is 1. The van der Waals surface area contributed by atoms with E-state index < -0.39 is 24.5 Å². The molecule has 0 spiro atoms. The first-order chi connectivity index (χ1) is 8.08. The Balaban J connectivity index is 2.21. The SMILES string of the molecule is O=C(O)CN1C(=O)N/C(=C/c2ccsc2)C1=O. The number of thiophene rings is 1. The van der Waals surface area contributed by atoms with E-state index in [4.69, 9.17) is 5.11 Å². The summed E-state index contributed by atoms with van der Waals surface area (Å²) >= 11 is 1.46. The molecule has 1 aliphatic rings. The van der Waals surface area contributed by atoms with Crippen molar-refractivity contribution >= 4 is 35.3 Å². The Kier molecular flexibility index (Phi) is 2.92. The minimum Gasteiger partial charge on any atom is -0.480 e. The number of carbonyl (C=O) groups excluding carboxylic acids is 2. The molecule has 1 saturated heterocycles. The van der Waals surface area contributed by atoms with Crippen molar-refractivity contribution in [1.29, 1.82) is 0 Å². The van der Waals surface area contributed by atoms with Crippen molar-refractivity contribution < 1.29 is 19.5 Å². The summed E-state index contributed by atoms with van der Waals surface area (Å²) < 4.78 is 0. The molecular formula is C10H8N2O4S. The molecule has 2 N–H and O–H groups in total. The van der Waals surface area contributed by atoms with Crippen molar-refractivity contribution in [2.45, 2.75) is 0 Å². The molecule has 0 atom stereocenters. The standard InChI is InChI=1S/C10H8N2O4S/c13-8(14)4-12-9(15)7(11-10(12)16)3-6-1-2-17-5-6/h1-3,5H,4H2,(H,11,16)(H,13,14)/b7-3+. The number of hydrogen-bond acceptors (Lipinski definition) is 4. The van der Waals surface area contributed by atoms with Gasteiger partial charge in [-0.15, -0.1) is 0 Å². The summed E-state index contributed by atoms with van der Waals surface area (Å²) in [6.07, 6.45) is 1.51. The zero-order chi connectivity index (χ0) is 12.4. The first-order valence-corrected chi connectivity index (χ1v) is 5.61. The molecule has 2 heterocycles. The molecule has 17 heavy (non-hydrogen) atoms. The van der Waals surface area contributed by atoms with E-state index in [1.165, 1.54) is 17.4 Å². The van der Waals surface area contributed by atoms with Crippen LogP contribution in [0, 0.1) is 0 Å². The minimum atomic E-state index is -1.23. The molecule has 2 rings (SSSR count). The van der Waals surface area contributed by atoms with Gasteiger partial charge in [-0.1, -0.05) is 0 Å². The highest BCUT2D eigenvalue weighted by Gasteiger charge is 2.34. The number of amides is 3. The Morgan fingerprint density at radius 1 is 1.53 bits per heavy atom. The van der Waals surface area contributed by atoms with Gasteiger partial charge in [-0.25, -0.2) is 9.69 Å². The lowest BCUT2D eigenvalue weighted by Gasteiger charge is -2.06. The molecular weight excluding hydrogens is 244 g/mol. The Morgan fingerprint density at radius 2 is 2.29 bits per heavy atom. The second-order valence-corrected chi connectivity index (χ2v) is 4.11. The van der Waals surface area contributed by atoms with Crippen molar-refractivity contribution in [1.82, 2.24) is 10.2 Å². The van der Waals surface area contributed by atoms with E-state index in [2.05, 4.69) is 5.32 Å². The molecule has 1 aromatic rings. The number of aliphatic carboxylic acids is 1. The molecule has 1 fully saturated rings. The second-order valence-electron chi connectivity index (χ2n) is 3.33. The molecule has 1 aromatic heterocycles. The number of nitrogens with zero attached hydrogens (tertiary/aromatic N) is 1. The highest BCUT2D eigenvalue weighted by Crippen LogP contribution is 2.15. The summed E-state index contributed by atoms with van der Waals surface area (Å²) in [7, 11) is 0. The minimum absolute atomic E-state index is 0.0923. The summed E-state index contributed by atoms with van der Waals surface area (Å²) in [5.74, 6) is -1.85. The van der Waals surface area contributed by atoms with E-state index in [0.717, 1.165) is 5.56 Å². The average Bonchev–Trinajstić information content (AvgIpc) is 2.83. The number of urea groups is 1. The molecule has 3 amide bonds. The third-order valence-electron chi connectivity index (χ3n) is 2.11. The zero-order valence-corrected chi connectivity index (χ0v) is 9.36. The van der Waals surface area contributed by atoms with Gasteiger partial charge in [-0.3, -0.25) is 9.59 Å². The summed E-state index contributed by atoms with van der Waals surface area (Å²) in [6, 6.07) is 1.08. The van der Waals surface area contributed by atoms with E-state index in [0.29, 0.717) is 4.90 Å². The molecule has 7 heteroatoms. The van der Waals surface area contributed by atoms with Gasteiger partial charge in [0.05, 0.1) is 0 Å². The number of hydrogen-bond donors (Lipinski definition) is 2. The predicted octanol–water partition coefficient (Wildman–Crippen LogP) is 0.725. The Hall–Kier alpha value is -2.15. The zero-order valence-electron chi connectivity index (χ0n) is 8.54. The van der Waals surface area contributed by atoms with Crippen molar-refractivity contribution in [3.63, 3.8) is 0 Å². The fourth-order valence-corrected chi connectivity index (χ4v) is 1.99. The van der Waals surface area contributed by atoms with Crippen molar-refractivity contribution in [2.24, 2.45) is 0 Å². The number of rotatable bonds is 3. The van der Waals surface area contributed by atoms with Crippen LogP contribution < -0.4 is 5.32 Å². The van der Waals surface area contributed by atoms with E-state index in [-0.39, 0.29) is 5.70 Å². The molecule has 0 unspecified atom stereocenters. The quantitative estimate of drug-likeness (QED) is 0.613. The van der Waals surface area contributed by atoms with E-state index in [1.807, 2.05) is 10.8 Å². The Bertz CT molecular complexity index is 506. The predicted molar refractivity (Wildman–Crippen MR) is 60.2 cm³/mol. The number of carbonyl (C=O) groups is 3. The largest absolute Gasteiger partial charge is 0.480 e. The lowest BCUT2D eigenvalue weighted by molar-refractivity contribution is -0.140. The van der Waals surface area contributed by atoms with Gasteiger partial charge in [-0.05, 0) is 28.5 Å². The van der Waals surface area contributed by atoms with Crippen LogP contribution in [0.2, 0.25) is 0 Å². The maximum absolute atomic E-state index is 11.7. The fourth-order valence-electron chi connectivity index (χ4n) is 1.37. The van der Waals surface area contributed by atoms with Gasteiger partial charge in [0.1, 0.15) is 12.2 Å². The van der Waals surface area contributed by atoms with Crippen LogP contribution in [-0.2, 0) is 9.59 Å². The van der Waals surface area contributed by atoms with Crippen LogP contribution in [-0.4, -0.2) is 34.5 Å². The second kappa shape index (κ2) is 4.38. The van der Waals surface area contributed by atoms with Gasteiger partial charge in [0.15, 0.2) is 0 Å². The van der Waals surface area contributed by atoms with Crippen molar-refractivity contribution in [2.75, 3.05) is 6.54 Å². The van der Waals surface area contributed by atoms with Gasteiger partial charge in [0.25, 0.3) is 5.91 Å². The smallest absolute Gasteiger partial charge is 0.329 e. The normalized spacial score (nSPS) is 17.6. The van der Waals surface area contributed by atoms with Crippen molar-refractivity contribution in [3.8, 4) is 0 Å². The van der Waals surface area contributed by atoms with E-state index in [1.54, 1.807) is 6.07 Å². The van der Waals surface area contributed by atoms with Crippen LogP contribution in [0.25, 0.3) is 6.08 Å². The maximum Gasteiger partial charge on any atom is 0.329 e. The highest BCUT2D eigenvalue weighted by molar-refractivity contribution is 7.08. The molecule has 0 aromatic carbocycles. The van der Waals surface area contributed by atoms with Crippen LogP contribution >= 0.6 is 11.3 Å². The van der Waals surface area contributed by atoms with Crippen molar-refractivity contribution in [3.05, 3.63) is 28.1 Å². The van der Waals surface area contributed by atoms with Gasteiger partial charge in [-0.2, -0.15) is 11.3 Å². The first-order valence-electron chi connectivity index (χ1n) is 4.66. The van der Waals surface area contributed by atoms with Crippen LogP contribution in [0.5, 0.6) is 0 Å². The van der Waals surface area contributed by atoms with E-state index in [9.17, 15) is 14.4 Å². The number of imide groups is 1.